The molecule has 0 saturated carbocycles. The Kier molecular flexibility index (Phi) is 5.57. The number of aromatic nitrogens is 1. The molecule has 1 unspecified atom stereocenters. The lowest BCUT2D eigenvalue weighted by atomic mass is 9.95. The molecule has 0 aliphatic carbocycles. The van der Waals surface area contributed by atoms with E-state index in [4.69, 9.17) is 14.4 Å². The van der Waals surface area contributed by atoms with Crippen LogP contribution in [0.15, 0.2) is 160 Å². The van der Waals surface area contributed by atoms with Gasteiger partial charge in [-0.3, -0.25) is 4.98 Å². The number of fused-ring (bicyclic) bond motifs is 9. The summed E-state index contributed by atoms with van der Waals surface area (Å²) in [5.41, 5.74) is 4.58. The number of nitrogens with zero attached hydrogens (tertiary/aromatic N) is 3. The highest BCUT2D eigenvalue weighted by Gasteiger charge is 2.24. The van der Waals surface area contributed by atoms with Crippen LogP contribution >= 0.6 is 0 Å². The minimum atomic E-state index is -0.349. The quantitative estimate of drug-likeness (QED) is 0.205. The number of pyridine rings is 1. The van der Waals surface area contributed by atoms with Crippen molar-refractivity contribution in [2.45, 2.75) is 6.17 Å². The predicted octanol–water partition coefficient (Wildman–Crippen LogP) is 10.1. The lowest BCUT2D eigenvalue weighted by molar-refractivity contribution is 0.667. The maximum absolute atomic E-state index is 6.23. The van der Waals surface area contributed by atoms with Gasteiger partial charge in [-0.25, -0.2) is 9.98 Å². The van der Waals surface area contributed by atoms with Crippen molar-refractivity contribution < 1.29 is 4.42 Å². The molecule has 1 aliphatic rings. The van der Waals surface area contributed by atoms with Gasteiger partial charge in [-0.15, -0.1) is 0 Å². The van der Waals surface area contributed by atoms with Crippen LogP contribution in [0.5, 0.6) is 0 Å². The Labute approximate surface area is 269 Å². The summed E-state index contributed by atoms with van der Waals surface area (Å²) in [6.45, 7) is 0. The average molecular weight is 603 g/mol. The molecule has 5 heteroatoms. The molecule has 2 aromatic heterocycles. The smallest absolute Gasteiger partial charge is 0.159 e. The average Bonchev–Trinajstić information content (AvgIpc) is 3.53. The zero-order valence-corrected chi connectivity index (χ0v) is 25.2. The summed E-state index contributed by atoms with van der Waals surface area (Å²) in [6, 6.07) is 47.0. The molecule has 7 aromatic carbocycles. The van der Waals surface area contributed by atoms with Crippen molar-refractivity contribution in [3.05, 3.63) is 163 Å². The van der Waals surface area contributed by atoms with Gasteiger partial charge in [-0.05, 0) is 72.9 Å². The second-order valence-electron chi connectivity index (χ2n) is 12.1. The number of hydrogen-bond acceptors (Lipinski definition) is 5. The SMILES string of the molecule is c1ccc2cc(C3N=C(c4ccc5ccc6ccc7ccccc7c6c5c4)N=C(c4cccc5oc6ccncc6c45)N3)ccc2c1. The molecule has 0 spiro atoms. The van der Waals surface area contributed by atoms with Crippen molar-refractivity contribution in [2.24, 2.45) is 9.98 Å². The van der Waals surface area contributed by atoms with Gasteiger partial charge < -0.3 is 9.73 Å². The zero-order chi connectivity index (χ0) is 30.9. The lowest BCUT2D eigenvalue weighted by Gasteiger charge is -2.24. The third kappa shape index (κ3) is 4.14. The largest absolute Gasteiger partial charge is 0.456 e. The molecule has 0 amide bonds. The van der Waals surface area contributed by atoms with E-state index in [1.165, 1.54) is 43.1 Å². The van der Waals surface area contributed by atoms with Gasteiger partial charge in [-0.2, -0.15) is 0 Å². The summed E-state index contributed by atoms with van der Waals surface area (Å²) in [6.07, 6.45) is 3.27. The second-order valence-corrected chi connectivity index (χ2v) is 12.1. The molecule has 3 heterocycles. The van der Waals surface area contributed by atoms with Crippen LogP contribution in [-0.2, 0) is 0 Å². The van der Waals surface area contributed by atoms with Crippen molar-refractivity contribution in [3.8, 4) is 0 Å². The summed E-state index contributed by atoms with van der Waals surface area (Å²) in [5, 5.41) is 15.3. The number of benzene rings is 7. The number of amidine groups is 2. The molecule has 1 aliphatic heterocycles. The summed E-state index contributed by atoms with van der Waals surface area (Å²) in [5.74, 6) is 1.42. The fourth-order valence-corrected chi connectivity index (χ4v) is 7.10. The third-order valence-corrected chi connectivity index (χ3v) is 9.37. The summed E-state index contributed by atoms with van der Waals surface area (Å²) >= 11 is 0. The van der Waals surface area contributed by atoms with Crippen LogP contribution in [0, 0.1) is 0 Å². The third-order valence-electron chi connectivity index (χ3n) is 9.37. The Balaban J connectivity index is 1.21. The molecule has 220 valence electrons. The number of aliphatic imine (C=N–C) groups is 2. The van der Waals surface area contributed by atoms with Crippen LogP contribution in [0.25, 0.3) is 65.0 Å². The Bertz CT molecular complexity index is 2790. The molecule has 5 nitrogen and oxygen atoms in total. The summed E-state index contributed by atoms with van der Waals surface area (Å²) in [4.78, 5) is 14.9. The first-order valence-corrected chi connectivity index (χ1v) is 15.8. The molecular weight excluding hydrogens is 576 g/mol. The van der Waals surface area contributed by atoms with Gasteiger partial charge >= 0.3 is 0 Å². The monoisotopic (exact) mass is 602 g/mol. The zero-order valence-electron chi connectivity index (χ0n) is 25.2. The second kappa shape index (κ2) is 10.1. The van der Waals surface area contributed by atoms with Crippen LogP contribution in [-0.4, -0.2) is 16.7 Å². The number of hydrogen-bond donors (Lipinski definition) is 1. The van der Waals surface area contributed by atoms with Gasteiger partial charge in [0, 0.05) is 34.3 Å². The highest BCUT2D eigenvalue weighted by Crippen LogP contribution is 2.35. The van der Waals surface area contributed by atoms with E-state index in [9.17, 15) is 0 Å². The molecule has 10 rings (SSSR count). The lowest BCUT2D eigenvalue weighted by Crippen LogP contribution is -2.33. The standard InChI is InChI=1S/C42H26N4O/c1-2-8-29-22-30(18-12-25(29)6-1)40-44-41(46-42(45-40)33-10-5-11-37-39(33)35-24-43-21-20-36(35)47-37)31-19-15-27-14-17-28-16-13-26-7-3-4-9-32(26)38(28)34(27)23-31/h1-24,40H,(H,44,45,46). The molecule has 9 aromatic rings. The van der Waals surface area contributed by atoms with Crippen molar-refractivity contribution in [2.75, 3.05) is 0 Å². The van der Waals surface area contributed by atoms with E-state index in [0.717, 1.165) is 44.5 Å². The highest BCUT2D eigenvalue weighted by atomic mass is 16.3. The van der Waals surface area contributed by atoms with Gasteiger partial charge in [0.25, 0.3) is 0 Å². The Morgan fingerprint density at radius 3 is 2.23 bits per heavy atom. The van der Waals surface area contributed by atoms with Gasteiger partial charge in [0.05, 0.1) is 0 Å². The molecule has 0 saturated heterocycles. The topological polar surface area (TPSA) is 62.8 Å². The maximum atomic E-state index is 6.23. The highest BCUT2D eigenvalue weighted by molar-refractivity contribution is 6.24. The normalized spacial score (nSPS) is 15.0. The van der Waals surface area contributed by atoms with E-state index in [-0.39, 0.29) is 6.17 Å². The first-order chi connectivity index (χ1) is 23.3. The van der Waals surface area contributed by atoms with Crippen molar-refractivity contribution >= 4 is 76.7 Å². The first kappa shape index (κ1) is 25.9. The molecule has 0 bridgehead atoms. The van der Waals surface area contributed by atoms with Crippen LogP contribution in [0.2, 0.25) is 0 Å². The van der Waals surface area contributed by atoms with Crippen molar-refractivity contribution in [1.82, 2.24) is 10.3 Å². The number of furan rings is 1. The molecular formula is C42H26N4O. The van der Waals surface area contributed by atoms with E-state index in [0.29, 0.717) is 5.84 Å². The van der Waals surface area contributed by atoms with Gasteiger partial charge in [0.15, 0.2) is 5.84 Å². The maximum Gasteiger partial charge on any atom is 0.159 e. The Morgan fingerprint density at radius 2 is 1.32 bits per heavy atom. The Hall–Kier alpha value is -6.33. The molecule has 0 fully saturated rings. The minimum absolute atomic E-state index is 0.349. The predicted molar refractivity (Wildman–Crippen MR) is 193 cm³/mol. The van der Waals surface area contributed by atoms with Crippen molar-refractivity contribution in [1.29, 1.82) is 0 Å². The van der Waals surface area contributed by atoms with Crippen LogP contribution < -0.4 is 5.32 Å². The van der Waals surface area contributed by atoms with Crippen molar-refractivity contribution in [3.63, 3.8) is 0 Å². The number of nitrogens with one attached hydrogen (secondary N) is 1. The van der Waals surface area contributed by atoms with E-state index < -0.39 is 0 Å². The molecule has 1 N–H and O–H groups in total. The van der Waals surface area contributed by atoms with E-state index in [1.54, 1.807) is 6.20 Å². The van der Waals surface area contributed by atoms with Gasteiger partial charge in [-0.1, -0.05) is 109 Å². The van der Waals surface area contributed by atoms with E-state index >= 15 is 0 Å². The number of rotatable bonds is 3. The van der Waals surface area contributed by atoms with Gasteiger partial charge in [0.1, 0.15) is 23.2 Å². The van der Waals surface area contributed by atoms with E-state index in [2.05, 4.69) is 126 Å². The van der Waals surface area contributed by atoms with Crippen LogP contribution in [0.4, 0.5) is 0 Å². The molecule has 1 atom stereocenters. The summed E-state index contributed by atoms with van der Waals surface area (Å²) < 4.78 is 6.23. The van der Waals surface area contributed by atoms with Crippen LogP contribution in [0.3, 0.4) is 0 Å². The minimum Gasteiger partial charge on any atom is -0.456 e. The van der Waals surface area contributed by atoms with E-state index in [1.807, 2.05) is 24.4 Å². The molecule has 0 radical (unpaired) electrons. The fraction of sp³-hybridized carbons (Fsp3) is 0.0238. The molecule has 47 heavy (non-hydrogen) atoms. The fourth-order valence-electron chi connectivity index (χ4n) is 7.10. The Morgan fingerprint density at radius 1 is 0.553 bits per heavy atom. The van der Waals surface area contributed by atoms with Crippen LogP contribution in [0.1, 0.15) is 22.9 Å². The summed E-state index contributed by atoms with van der Waals surface area (Å²) in [7, 11) is 0. The first-order valence-electron chi connectivity index (χ1n) is 15.8. The van der Waals surface area contributed by atoms with Gasteiger partial charge in [0.2, 0.25) is 0 Å².